The second-order valence-corrected chi connectivity index (χ2v) is 4.28. The summed E-state index contributed by atoms with van der Waals surface area (Å²) in [5.74, 6) is 0. The van der Waals surface area contributed by atoms with Crippen molar-refractivity contribution in [1.82, 2.24) is 9.71 Å². The Hall–Kier alpha value is -0.650. The average Bonchev–Trinajstić information content (AvgIpc) is 2.02. The molecule has 6 heteroatoms. The smallest absolute Gasteiger partial charge is 0.209 e. The maximum absolute atomic E-state index is 10.7. The number of aromatic nitrogens is 1. The van der Waals surface area contributed by atoms with E-state index in [1.165, 1.54) is 0 Å². The minimum Gasteiger partial charge on any atom is -0.265 e. The van der Waals surface area contributed by atoms with E-state index in [0.29, 0.717) is 6.54 Å². The van der Waals surface area contributed by atoms with Crippen molar-refractivity contribution in [3.8, 4) is 0 Å². The first-order valence-electron chi connectivity index (χ1n) is 3.41. The third-order valence-corrected chi connectivity index (χ3v) is 1.96. The number of nitrogens with one attached hydrogen (secondary N) is 1. The monoisotopic (exact) mass is 222 g/mol. The standard InChI is InChI=1S/C7H10N2O2S.ClH/c1-12(10,11)9-6-7-2-4-8-5-3-7;/h2-5,9H,6H2,1H3;1H. The summed E-state index contributed by atoms with van der Waals surface area (Å²) in [5, 5.41) is 0. The number of hydrogen-bond acceptors (Lipinski definition) is 3. The first-order chi connectivity index (χ1) is 5.58. The Morgan fingerprint density at radius 3 is 2.38 bits per heavy atom. The summed E-state index contributed by atoms with van der Waals surface area (Å²) in [7, 11) is -3.09. The molecule has 1 rings (SSSR count). The number of sulfonamides is 1. The molecule has 74 valence electrons. The van der Waals surface area contributed by atoms with Crippen LogP contribution in [0.3, 0.4) is 0 Å². The van der Waals surface area contributed by atoms with Gasteiger partial charge >= 0.3 is 0 Å². The van der Waals surface area contributed by atoms with Crippen LogP contribution in [0.1, 0.15) is 5.56 Å². The molecule has 0 saturated heterocycles. The largest absolute Gasteiger partial charge is 0.265 e. The molecule has 0 spiro atoms. The summed E-state index contributed by atoms with van der Waals surface area (Å²) >= 11 is 0. The number of nitrogens with zero attached hydrogens (tertiary/aromatic N) is 1. The molecule has 4 nitrogen and oxygen atoms in total. The van der Waals surface area contributed by atoms with Gasteiger partial charge in [-0.15, -0.1) is 12.4 Å². The number of halogens is 1. The second kappa shape index (κ2) is 5.16. The molecule has 0 radical (unpaired) electrons. The third kappa shape index (κ3) is 5.57. The summed E-state index contributed by atoms with van der Waals surface area (Å²) in [6.45, 7) is 0.321. The van der Waals surface area contributed by atoms with Crippen molar-refractivity contribution in [3.63, 3.8) is 0 Å². The van der Waals surface area contributed by atoms with Gasteiger partial charge in [-0.1, -0.05) is 0 Å². The predicted molar refractivity (Wildman–Crippen MR) is 53.2 cm³/mol. The molecule has 0 unspecified atom stereocenters. The Kier molecular flexibility index (Phi) is 4.90. The Labute approximate surface area is 83.8 Å². The molecule has 0 aliphatic heterocycles. The van der Waals surface area contributed by atoms with Crippen LogP contribution in [0.5, 0.6) is 0 Å². The molecule has 1 aromatic rings. The Morgan fingerprint density at radius 2 is 1.92 bits per heavy atom. The van der Waals surface area contributed by atoms with Gasteiger partial charge in [-0.05, 0) is 17.7 Å². The normalized spacial score (nSPS) is 10.5. The van der Waals surface area contributed by atoms with E-state index >= 15 is 0 Å². The molecular formula is C7H11ClN2O2S. The van der Waals surface area contributed by atoms with Gasteiger partial charge in [0.05, 0.1) is 6.26 Å². The highest BCUT2D eigenvalue weighted by atomic mass is 35.5. The zero-order valence-electron chi connectivity index (χ0n) is 7.10. The van der Waals surface area contributed by atoms with Crippen LogP contribution >= 0.6 is 12.4 Å². The van der Waals surface area contributed by atoms with Gasteiger partial charge in [-0.3, -0.25) is 4.98 Å². The van der Waals surface area contributed by atoms with E-state index in [1.807, 2.05) is 0 Å². The van der Waals surface area contributed by atoms with Gasteiger partial charge in [0.2, 0.25) is 10.0 Å². The lowest BCUT2D eigenvalue weighted by atomic mass is 10.3. The van der Waals surface area contributed by atoms with E-state index in [9.17, 15) is 8.42 Å². The van der Waals surface area contributed by atoms with Crippen LogP contribution in [-0.2, 0) is 16.6 Å². The Balaban J connectivity index is 0.00000144. The van der Waals surface area contributed by atoms with E-state index in [0.717, 1.165) is 11.8 Å². The Bertz CT molecular complexity index is 339. The first-order valence-corrected chi connectivity index (χ1v) is 5.30. The SMILES string of the molecule is CS(=O)(=O)NCc1ccncc1.Cl. The zero-order chi connectivity index (χ0) is 9.03. The number of pyridine rings is 1. The molecular weight excluding hydrogens is 212 g/mol. The minimum absolute atomic E-state index is 0. The fraction of sp³-hybridized carbons (Fsp3) is 0.286. The molecule has 0 bridgehead atoms. The molecule has 13 heavy (non-hydrogen) atoms. The summed E-state index contributed by atoms with van der Waals surface area (Å²) < 4.78 is 23.7. The fourth-order valence-electron chi connectivity index (χ4n) is 0.715. The fourth-order valence-corrected chi connectivity index (χ4v) is 1.14. The van der Waals surface area contributed by atoms with E-state index in [1.54, 1.807) is 24.5 Å². The molecule has 0 fully saturated rings. The summed E-state index contributed by atoms with van der Waals surface area (Å²) in [4.78, 5) is 3.81. The van der Waals surface area contributed by atoms with Crippen molar-refractivity contribution >= 4 is 22.4 Å². The molecule has 0 atom stereocenters. The lowest BCUT2D eigenvalue weighted by Crippen LogP contribution is -2.21. The number of hydrogen-bond donors (Lipinski definition) is 1. The Morgan fingerprint density at radius 1 is 1.38 bits per heavy atom. The first kappa shape index (κ1) is 12.3. The van der Waals surface area contributed by atoms with Gasteiger partial charge < -0.3 is 0 Å². The molecule has 0 aliphatic carbocycles. The van der Waals surface area contributed by atoms with Crippen molar-refractivity contribution in [2.75, 3.05) is 6.26 Å². The molecule has 0 saturated carbocycles. The highest BCUT2D eigenvalue weighted by molar-refractivity contribution is 7.88. The lowest BCUT2D eigenvalue weighted by Gasteiger charge is -2.00. The summed E-state index contributed by atoms with van der Waals surface area (Å²) in [6.07, 6.45) is 4.38. The van der Waals surface area contributed by atoms with Crippen LogP contribution in [0.15, 0.2) is 24.5 Å². The van der Waals surface area contributed by atoms with Crippen molar-refractivity contribution in [2.24, 2.45) is 0 Å². The van der Waals surface area contributed by atoms with Crippen LogP contribution in [-0.4, -0.2) is 19.7 Å². The molecule has 1 N–H and O–H groups in total. The van der Waals surface area contributed by atoms with Gasteiger partial charge in [-0.25, -0.2) is 13.1 Å². The van der Waals surface area contributed by atoms with Gasteiger partial charge in [0.15, 0.2) is 0 Å². The molecule has 0 amide bonds. The van der Waals surface area contributed by atoms with E-state index < -0.39 is 10.0 Å². The third-order valence-electron chi connectivity index (χ3n) is 1.29. The van der Waals surface area contributed by atoms with Crippen molar-refractivity contribution in [1.29, 1.82) is 0 Å². The minimum atomic E-state index is -3.09. The lowest BCUT2D eigenvalue weighted by molar-refractivity contribution is 0.587. The van der Waals surface area contributed by atoms with Gasteiger partial charge in [-0.2, -0.15) is 0 Å². The quantitative estimate of drug-likeness (QED) is 0.813. The van der Waals surface area contributed by atoms with E-state index in [2.05, 4.69) is 9.71 Å². The molecule has 1 heterocycles. The van der Waals surface area contributed by atoms with E-state index in [-0.39, 0.29) is 12.4 Å². The van der Waals surface area contributed by atoms with Crippen LogP contribution < -0.4 is 4.72 Å². The van der Waals surface area contributed by atoms with Gasteiger partial charge in [0.1, 0.15) is 0 Å². The summed E-state index contributed by atoms with van der Waals surface area (Å²) in [6, 6.07) is 3.52. The molecule has 0 aromatic carbocycles. The molecule has 1 aromatic heterocycles. The topological polar surface area (TPSA) is 59.1 Å². The maximum Gasteiger partial charge on any atom is 0.209 e. The van der Waals surface area contributed by atoms with Crippen LogP contribution in [0, 0.1) is 0 Å². The summed E-state index contributed by atoms with van der Waals surface area (Å²) in [5.41, 5.74) is 0.899. The zero-order valence-corrected chi connectivity index (χ0v) is 8.73. The highest BCUT2D eigenvalue weighted by Crippen LogP contribution is 1.95. The van der Waals surface area contributed by atoms with Gasteiger partial charge in [0, 0.05) is 18.9 Å². The maximum atomic E-state index is 10.7. The van der Waals surface area contributed by atoms with Gasteiger partial charge in [0.25, 0.3) is 0 Å². The van der Waals surface area contributed by atoms with Crippen molar-refractivity contribution in [3.05, 3.63) is 30.1 Å². The average molecular weight is 223 g/mol. The van der Waals surface area contributed by atoms with Crippen LogP contribution in [0.2, 0.25) is 0 Å². The van der Waals surface area contributed by atoms with Crippen LogP contribution in [0.25, 0.3) is 0 Å². The van der Waals surface area contributed by atoms with Crippen molar-refractivity contribution in [2.45, 2.75) is 6.54 Å². The highest BCUT2D eigenvalue weighted by Gasteiger charge is 1.99. The van der Waals surface area contributed by atoms with Crippen LogP contribution in [0.4, 0.5) is 0 Å². The van der Waals surface area contributed by atoms with E-state index in [4.69, 9.17) is 0 Å². The molecule has 0 aliphatic rings. The number of rotatable bonds is 3. The van der Waals surface area contributed by atoms with Crippen molar-refractivity contribution < 1.29 is 8.42 Å². The second-order valence-electron chi connectivity index (χ2n) is 2.45. The predicted octanol–water partition coefficient (Wildman–Crippen LogP) is 0.553.